The lowest BCUT2D eigenvalue weighted by Gasteiger charge is -2.28. The summed E-state index contributed by atoms with van der Waals surface area (Å²) >= 11 is 0. The quantitative estimate of drug-likeness (QED) is 0.733. The van der Waals surface area contributed by atoms with Gasteiger partial charge < -0.3 is 15.4 Å². The summed E-state index contributed by atoms with van der Waals surface area (Å²) < 4.78 is 5.01. The van der Waals surface area contributed by atoms with Crippen LogP contribution in [0.4, 0.5) is 0 Å². The molecule has 0 saturated carbocycles. The third kappa shape index (κ3) is 5.48. The third-order valence-electron chi connectivity index (χ3n) is 2.81. The Balaban J connectivity index is 2.47. The minimum absolute atomic E-state index is 0.184. The summed E-state index contributed by atoms with van der Waals surface area (Å²) in [5.74, 6) is 0.184. The largest absolute Gasteiger partial charge is 0.383 e. The van der Waals surface area contributed by atoms with Crippen LogP contribution in [0.25, 0.3) is 0 Å². The predicted octanol–water partition coefficient (Wildman–Crippen LogP) is -0.0956. The Kier molecular flexibility index (Phi) is 5.36. The van der Waals surface area contributed by atoms with Crippen LogP contribution in [0.3, 0.4) is 0 Å². The molecular formula is C12H25N3O2. The first kappa shape index (κ1) is 14.4. The fourth-order valence-corrected chi connectivity index (χ4v) is 2.13. The minimum atomic E-state index is -0.248. The van der Waals surface area contributed by atoms with Crippen LogP contribution >= 0.6 is 0 Å². The maximum Gasteiger partial charge on any atom is 0.236 e. The van der Waals surface area contributed by atoms with Crippen molar-refractivity contribution in [2.24, 2.45) is 5.73 Å². The number of hydrogen-bond donors (Lipinski definition) is 1. The lowest BCUT2D eigenvalue weighted by molar-refractivity contribution is -0.131. The zero-order valence-electron chi connectivity index (χ0n) is 11.2. The fourth-order valence-electron chi connectivity index (χ4n) is 2.13. The van der Waals surface area contributed by atoms with E-state index in [2.05, 4.69) is 4.90 Å². The molecule has 2 N–H and O–H groups in total. The van der Waals surface area contributed by atoms with Gasteiger partial charge in [-0.25, -0.2) is 0 Å². The SMILES string of the molecule is COCCN1CCCN(CC(C)(C)N)CC1=O. The molecule has 1 aliphatic heterocycles. The summed E-state index contributed by atoms with van der Waals surface area (Å²) in [4.78, 5) is 16.0. The van der Waals surface area contributed by atoms with Crippen LogP contribution in [0.2, 0.25) is 0 Å². The number of nitrogens with two attached hydrogens (primary N) is 1. The number of amides is 1. The number of carbonyl (C=O) groups is 1. The van der Waals surface area contributed by atoms with Gasteiger partial charge in [-0.15, -0.1) is 0 Å². The predicted molar refractivity (Wildman–Crippen MR) is 67.8 cm³/mol. The lowest BCUT2D eigenvalue weighted by Crippen LogP contribution is -2.47. The van der Waals surface area contributed by atoms with E-state index in [0.717, 1.165) is 26.1 Å². The van der Waals surface area contributed by atoms with E-state index in [0.29, 0.717) is 19.7 Å². The number of ether oxygens (including phenoxy) is 1. The molecule has 1 amide bonds. The first-order valence-electron chi connectivity index (χ1n) is 6.20. The van der Waals surface area contributed by atoms with Crippen LogP contribution in [-0.4, -0.2) is 67.7 Å². The molecule has 0 spiro atoms. The highest BCUT2D eigenvalue weighted by Crippen LogP contribution is 2.08. The second-order valence-corrected chi connectivity index (χ2v) is 5.43. The monoisotopic (exact) mass is 243 g/mol. The van der Waals surface area contributed by atoms with Crippen molar-refractivity contribution in [1.29, 1.82) is 0 Å². The van der Waals surface area contributed by atoms with Crippen LogP contribution < -0.4 is 5.73 Å². The molecule has 1 aliphatic rings. The van der Waals surface area contributed by atoms with E-state index in [4.69, 9.17) is 10.5 Å². The van der Waals surface area contributed by atoms with Crippen molar-refractivity contribution in [2.45, 2.75) is 25.8 Å². The fraction of sp³-hybridized carbons (Fsp3) is 0.917. The molecule has 0 atom stereocenters. The van der Waals surface area contributed by atoms with Crippen LogP contribution in [0.1, 0.15) is 20.3 Å². The van der Waals surface area contributed by atoms with Crippen LogP contribution in [0, 0.1) is 0 Å². The van der Waals surface area contributed by atoms with E-state index >= 15 is 0 Å². The topological polar surface area (TPSA) is 58.8 Å². The molecule has 5 nitrogen and oxygen atoms in total. The molecule has 0 bridgehead atoms. The smallest absolute Gasteiger partial charge is 0.236 e. The number of rotatable bonds is 5. The van der Waals surface area contributed by atoms with E-state index in [1.54, 1.807) is 7.11 Å². The molecule has 1 rings (SSSR count). The molecule has 1 heterocycles. The molecule has 0 aromatic rings. The molecule has 0 aromatic carbocycles. The van der Waals surface area contributed by atoms with Gasteiger partial charge in [-0.2, -0.15) is 0 Å². The summed E-state index contributed by atoms with van der Waals surface area (Å²) in [5.41, 5.74) is 5.74. The van der Waals surface area contributed by atoms with Gasteiger partial charge in [0.2, 0.25) is 5.91 Å². The molecule has 1 saturated heterocycles. The van der Waals surface area contributed by atoms with Gasteiger partial charge in [0.05, 0.1) is 13.2 Å². The van der Waals surface area contributed by atoms with Gasteiger partial charge >= 0.3 is 0 Å². The maximum atomic E-state index is 12.0. The number of hydrogen-bond acceptors (Lipinski definition) is 4. The summed E-state index contributed by atoms with van der Waals surface area (Å²) in [6.45, 7) is 8.28. The van der Waals surface area contributed by atoms with Gasteiger partial charge in [0.25, 0.3) is 0 Å². The average molecular weight is 243 g/mol. The Morgan fingerprint density at radius 1 is 1.41 bits per heavy atom. The van der Waals surface area contributed by atoms with E-state index in [9.17, 15) is 4.79 Å². The van der Waals surface area contributed by atoms with Crippen LogP contribution in [0.5, 0.6) is 0 Å². The summed E-state index contributed by atoms with van der Waals surface area (Å²) in [6.07, 6.45) is 1.01. The molecule has 0 aromatic heterocycles. The van der Waals surface area contributed by atoms with Crippen molar-refractivity contribution in [3.63, 3.8) is 0 Å². The van der Waals surface area contributed by atoms with Gasteiger partial charge in [-0.1, -0.05) is 0 Å². The van der Waals surface area contributed by atoms with Crippen molar-refractivity contribution in [1.82, 2.24) is 9.80 Å². The molecule has 17 heavy (non-hydrogen) atoms. The average Bonchev–Trinajstić information content (AvgIpc) is 2.35. The number of carbonyl (C=O) groups excluding carboxylic acids is 1. The molecular weight excluding hydrogens is 218 g/mol. The second-order valence-electron chi connectivity index (χ2n) is 5.43. The Morgan fingerprint density at radius 2 is 2.12 bits per heavy atom. The van der Waals surface area contributed by atoms with E-state index in [1.807, 2.05) is 18.7 Å². The molecule has 0 aliphatic carbocycles. The molecule has 100 valence electrons. The van der Waals surface area contributed by atoms with Crippen molar-refractivity contribution in [2.75, 3.05) is 46.4 Å². The molecule has 0 unspecified atom stereocenters. The van der Waals surface area contributed by atoms with Gasteiger partial charge in [0.15, 0.2) is 0 Å². The molecule has 5 heteroatoms. The Morgan fingerprint density at radius 3 is 2.71 bits per heavy atom. The van der Waals surface area contributed by atoms with Crippen LogP contribution in [0.15, 0.2) is 0 Å². The van der Waals surface area contributed by atoms with Gasteiger partial charge in [-0.3, -0.25) is 9.69 Å². The molecule has 1 fully saturated rings. The maximum absolute atomic E-state index is 12.0. The van der Waals surface area contributed by atoms with Gasteiger partial charge in [0.1, 0.15) is 0 Å². The van der Waals surface area contributed by atoms with Gasteiger partial charge in [0, 0.05) is 38.8 Å². The normalized spacial score (nSPS) is 19.5. The van der Waals surface area contributed by atoms with E-state index in [1.165, 1.54) is 0 Å². The van der Waals surface area contributed by atoms with E-state index < -0.39 is 0 Å². The zero-order chi connectivity index (χ0) is 12.9. The van der Waals surface area contributed by atoms with Crippen molar-refractivity contribution >= 4 is 5.91 Å². The lowest BCUT2D eigenvalue weighted by atomic mass is 10.1. The van der Waals surface area contributed by atoms with Crippen LogP contribution in [-0.2, 0) is 9.53 Å². The van der Waals surface area contributed by atoms with Crippen molar-refractivity contribution in [3.05, 3.63) is 0 Å². The highest BCUT2D eigenvalue weighted by atomic mass is 16.5. The number of nitrogens with zero attached hydrogens (tertiary/aromatic N) is 2. The first-order chi connectivity index (χ1) is 7.92. The Bertz CT molecular complexity index is 251. The summed E-state index contributed by atoms with van der Waals surface area (Å²) in [5, 5.41) is 0. The summed E-state index contributed by atoms with van der Waals surface area (Å²) in [6, 6.07) is 0. The van der Waals surface area contributed by atoms with Gasteiger partial charge in [-0.05, 0) is 20.3 Å². The zero-order valence-corrected chi connectivity index (χ0v) is 11.2. The van der Waals surface area contributed by atoms with Crippen molar-refractivity contribution in [3.8, 4) is 0 Å². The Hall–Kier alpha value is -0.650. The second kappa shape index (κ2) is 6.33. The summed E-state index contributed by atoms with van der Waals surface area (Å²) in [7, 11) is 1.66. The highest BCUT2D eigenvalue weighted by molar-refractivity contribution is 5.78. The third-order valence-corrected chi connectivity index (χ3v) is 2.81. The highest BCUT2D eigenvalue weighted by Gasteiger charge is 2.24. The first-order valence-corrected chi connectivity index (χ1v) is 6.20. The minimum Gasteiger partial charge on any atom is -0.383 e. The standard InChI is InChI=1S/C12H25N3O2/c1-12(2,13)10-14-5-4-6-15(7-8-17-3)11(16)9-14/h4-10,13H2,1-3H3. The Labute approximate surface area is 104 Å². The number of methoxy groups -OCH3 is 1. The molecule has 0 radical (unpaired) electrons. The van der Waals surface area contributed by atoms with Crippen molar-refractivity contribution < 1.29 is 9.53 Å². The van der Waals surface area contributed by atoms with E-state index in [-0.39, 0.29) is 11.4 Å².